The number of benzene rings is 4. The summed E-state index contributed by atoms with van der Waals surface area (Å²) in [6, 6.07) is 31.8. The summed E-state index contributed by atoms with van der Waals surface area (Å²) >= 11 is 0. The van der Waals surface area contributed by atoms with Crippen LogP contribution >= 0.6 is 0 Å². The topological polar surface area (TPSA) is 39.0 Å². The van der Waals surface area contributed by atoms with E-state index in [0.29, 0.717) is 0 Å². The van der Waals surface area contributed by atoms with Crippen molar-refractivity contribution in [2.24, 2.45) is 0 Å². The van der Waals surface area contributed by atoms with Gasteiger partial charge in [-0.3, -0.25) is 8.80 Å². The molecular weight excluding hydrogens is 382 g/mol. The third kappa shape index (κ3) is 1.78. The molecule has 4 aromatic heterocycles. The van der Waals surface area contributed by atoms with E-state index < -0.39 is 0 Å². The van der Waals surface area contributed by atoms with Gasteiger partial charge < -0.3 is 0 Å². The Morgan fingerprint density at radius 2 is 0.968 bits per heavy atom. The van der Waals surface area contributed by atoms with E-state index >= 15 is 0 Å². The van der Waals surface area contributed by atoms with Crippen LogP contribution in [-0.4, -0.2) is 23.2 Å². The van der Waals surface area contributed by atoms with Crippen molar-refractivity contribution in [3.63, 3.8) is 0 Å². The summed E-state index contributed by atoms with van der Waals surface area (Å²) < 4.78 is 6.74. The van der Waals surface area contributed by atoms with Crippen LogP contribution in [0.4, 0.5) is 0 Å². The number of fused-ring (bicyclic) bond motifs is 10. The third-order valence-corrected chi connectivity index (χ3v) is 6.37. The molecule has 0 amide bonds. The van der Waals surface area contributed by atoms with E-state index in [0.717, 1.165) is 50.2 Å². The van der Waals surface area contributed by atoms with Gasteiger partial charge in [0.25, 0.3) is 0 Å². The van der Waals surface area contributed by atoms with E-state index in [4.69, 9.17) is 9.97 Å². The van der Waals surface area contributed by atoms with Gasteiger partial charge in [-0.2, -0.15) is 0 Å². The van der Waals surface area contributed by atoms with Crippen LogP contribution in [-0.2, 0) is 0 Å². The van der Waals surface area contributed by atoms with Crippen molar-refractivity contribution in [3.8, 4) is 11.1 Å². The highest BCUT2D eigenvalue weighted by Gasteiger charge is 2.24. The minimum atomic E-state index is 0.900. The molecule has 4 aromatic carbocycles. The van der Waals surface area contributed by atoms with Gasteiger partial charge in [0.05, 0.1) is 33.1 Å². The van der Waals surface area contributed by atoms with Crippen molar-refractivity contribution < 1.29 is 0 Å². The molecular formula is C26H15N5. The number of nitrogens with zero attached hydrogens (tertiary/aromatic N) is 5. The Morgan fingerprint density at radius 1 is 0.452 bits per heavy atom. The number of imidazole rings is 4. The van der Waals surface area contributed by atoms with Crippen molar-refractivity contribution in [1.82, 2.24) is 23.2 Å². The van der Waals surface area contributed by atoms with Crippen molar-refractivity contribution in [2.45, 2.75) is 0 Å². The van der Waals surface area contributed by atoms with Crippen LogP contribution in [0.2, 0.25) is 0 Å². The first-order valence-corrected chi connectivity index (χ1v) is 10.4. The minimum absolute atomic E-state index is 0.900. The molecule has 5 heteroatoms. The lowest BCUT2D eigenvalue weighted by molar-refractivity contribution is 1.15. The maximum Gasteiger partial charge on any atom is 0.223 e. The Balaban J connectivity index is 1.71. The largest absolute Gasteiger partial charge is 0.276 e. The molecule has 0 atom stereocenters. The van der Waals surface area contributed by atoms with Crippen molar-refractivity contribution >= 4 is 50.2 Å². The van der Waals surface area contributed by atoms with Gasteiger partial charge in [-0.25, -0.2) is 14.4 Å². The predicted octanol–water partition coefficient (Wildman–Crippen LogP) is 5.80. The molecule has 0 bridgehead atoms. The van der Waals surface area contributed by atoms with Crippen LogP contribution in [0.5, 0.6) is 0 Å². The summed E-state index contributed by atoms with van der Waals surface area (Å²) in [5, 5.41) is 0. The molecule has 0 radical (unpaired) electrons. The molecule has 31 heavy (non-hydrogen) atoms. The summed E-state index contributed by atoms with van der Waals surface area (Å²) in [4.78, 5) is 10.0. The molecule has 8 aromatic rings. The fraction of sp³-hybridized carbons (Fsp3) is 0. The molecule has 0 saturated heterocycles. The van der Waals surface area contributed by atoms with Crippen LogP contribution in [0.25, 0.3) is 61.3 Å². The molecule has 0 unspecified atom stereocenters. The highest BCUT2D eigenvalue weighted by molar-refractivity contribution is 6.05. The first-order chi connectivity index (χ1) is 15.4. The van der Waals surface area contributed by atoms with E-state index in [-0.39, 0.29) is 0 Å². The summed E-state index contributed by atoms with van der Waals surface area (Å²) in [6.07, 6.45) is 0. The quantitative estimate of drug-likeness (QED) is 0.351. The van der Waals surface area contributed by atoms with Crippen molar-refractivity contribution in [3.05, 3.63) is 91.0 Å². The van der Waals surface area contributed by atoms with Crippen LogP contribution < -0.4 is 0 Å². The molecule has 8 rings (SSSR count). The molecule has 5 nitrogen and oxygen atoms in total. The maximum atomic E-state index is 5.00. The van der Waals surface area contributed by atoms with Gasteiger partial charge in [0.2, 0.25) is 11.6 Å². The smallest absolute Gasteiger partial charge is 0.223 e. The predicted molar refractivity (Wildman–Crippen MR) is 124 cm³/mol. The Kier molecular flexibility index (Phi) is 2.60. The minimum Gasteiger partial charge on any atom is -0.276 e. The van der Waals surface area contributed by atoms with Gasteiger partial charge in [0.1, 0.15) is 5.52 Å². The number of para-hydroxylation sites is 4. The monoisotopic (exact) mass is 397 g/mol. The van der Waals surface area contributed by atoms with Gasteiger partial charge in [0, 0.05) is 0 Å². The molecule has 0 aliphatic rings. The maximum absolute atomic E-state index is 5.00. The second-order valence-electron chi connectivity index (χ2n) is 8.04. The lowest BCUT2D eigenvalue weighted by Crippen LogP contribution is -1.88. The van der Waals surface area contributed by atoms with Gasteiger partial charge >= 0.3 is 0 Å². The van der Waals surface area contributed by atoms with Crippen molar-refractivity contribution in [1.29, 1.82) is 0 Å². The standard InChI is InChI=1S/C26H15N5/c1-2-8-16(9-3-1)17-14-22-24-23(15-17)30-21-13-7-5-11-19(21)28-26(30)31(24)25-27-18-10-4-6-12-20(18)29(22)25/h1-15H. The van der Waals surface area contributed by atoms with E-state index in [1.165, 1.54) is 11.1 Å². The Labute approximate surface area is 175 Å². The zero-order valence-electron chi connectivity index (χ0n) is 16.4. The average Bonchev–Trinajstić information content (AvgIpc) is 3.53. The Hall–Kier alpha value is -4.38. The van der Waals surface area contributed by atoms with Crippen LogP contribution in [0.15, 0.2) is 91.0 Å². The zero-order chi connectivity index (χ0) is 20.1. The van der Waals surface area contributed by atoms with E-state index in [1.807, 2.05) is 12.1 Å². The lowest BCUT2D eigenvalue weighted by Gasteiger charge is -2.04. The highest BCUT2D eigenvalue weighted by atomic mass is 15.3. The van der Waals surface area contributed by atoms with Crippen molar-refractivity contribution in [2.75, 3.05) is 0 Å². The number of hydrogen-bond acceptors (Lipinski definition) is 2. The lowest BCUT2D eigenvalue weighted by atomic mass is 10.0. The molecule has 144 valence electrons. The van der Waals surface area contributed by atoms with E-state index in [9.17, 15) is 0 Å². The van der Waals surface area contributed by atoms with E-state index in [1.54, 1.807) is 0 Å². The average molecular weight is 397 g/mol. The molecule has 0 N–H and O–H groups in total. The highest BCUT2D eigenvalue weighted by Crippen LogP contribution is 2.37. The molecule has 0 fully saturated rings. The molecule has 4 heterocycles. The number of rotatable bonds is 1. The summed E-state index contributed by atoms with van der Waals surface area (Å²) in [7, 11) is 0. The third-order valence-electron chi connectivity index (χ3n) is 6.37. The van der Waals surface area contributed by atoms with Crippen LogP contribution in [0, 0.1) is 0 Å². The SMILES string of the molecule is c1ccc(-c2cc3c4c(c2)n2c5ccccc5nc2n4c2nc4ccccc4n32)cc1. The second-order valence-corrected chi connectivity index (χ2v) is 8.04. The molecule has 0 saturated carbocycles. The van der Waals surface area contributed by atoms with Gasteiger partial charge in [-0.1, -0.05) is 54.6 Å². The first kappa shape index (κ1) is 15.5. The van der Waals surface area contributed by atoms with E-state index in [2.05, 4.69) is 92.1 Å². The first-order valence-electron chi connectivity index (χ1n) is 10.4. The fourth-order valence-corrected chi connectivity index (χ4v) is 5.06. The van der Waals surface area contributed by atoms with Crippen LogP contribution in [0.3, 0.4) is 0 Å². The van der Waals surface area contributed by atoms with Crippen LogP contribution in [0.1, 0.15) is 0 Å². The van der Waals surface area contributed by atoms with Gasteiger partial charge in [-0.05, 0) is 47.5 Å². The molecule has 0 aliphatic heterocycles. The normalized spacial score (nSPS) is 12.5. The summed E-state index contributed by atoms with van der Waals surface area (Å²) in [5.74, 6) is 1.80. The fourth-order valence-electron chi connectivity index (χ4n) is 5.06. The van der Waals surface area contributed by atoms with Gasteiger partial charge in [0.15, 0.2) is 0 Å². The Morgan fingerprint density at radius 3 is 1.55 bits per heavy atom. The zero-order valence-corrected chi connectivity index (χ0v) is 16.4. The summed E-state index contributed by atoms with van der Waals surface area (Å²) in [6.45, 7) is 0. The second kappa shape index (κ2) is 5.21. The molecule has 0 spiro atoms. The molecule has 0 aliphatic carbocycles. The number of hydrogen-bond donors (Lipinski definition) is 0. The summed E-state index contributed by atoms with van der Waals surface area (Å²) in [5.41, 5.74) is 10.0. The number of aromatic nitrogens is 5. The Bertz CT molecular complexity index is 1820. The van der Waals surface area contributed by atoms with Gasteiger partial charge in [-0.15, -0.1) is 0 Å².